The van der Waals surface area contributed by atoms with Gasteiger partial charge in [0.05, 0.1) is 11.2 Å². The van der Waals surface area contributed by atoms with Crippen molar-refractivity contribution in [3.05, 3.63) is 47.2 Å². The van der Waals surface area contributed by atoms with E-state index in [0.29, 0.717) is 42.9 Å². The Bertz CT molecular complexity index is 1630. The van der Waals surface area contributed by atoms with Gasteiger partial charge in [0.25, 0.3) is 5.91 Å². The molecule has 8 rings (SSSR count). The highest BCUT2D eigenvalue weighted by Crippen LogP contribution is 2.42. The fraction of sp³-hybridized carbons (Fsp3) is 0.516. The number of nitrogens with one attached hydrogen (secondary N) is 1. The summed E-state index contributed by atoms with van der Waals surface area (Å²) in [5, 5.41) is 14.2. The normalized spacial score (nSPS) is 28.5. The van der Waals surface area contributed by atoms with Gasteiger partial charge in [-0.15, -0.1) is 0 Å². The zero-order valence-corrected chi connectivity index (χ0v) is 23.7. The van der Waals surface area contributed by atoms with Gasteiger partial charge in [-0.05, 0) is 56.2 Å². The number of anilines is 2. The van der Waals surface area contributed by atoms with Crippen LogP contribution in [0.4, 0.5) is 24.7 Å². The van der Waals surface area contributed by atoms with E-state index in [4.69, 9.17) is 9.72 Å². The Morgan fingerprint density at radius 1 is 1.09 bits per heavy atom. The van der Waals surface area contributed by atoms with Crippen molar-refractivity contribution >= 4 is 28.2 Å². The highest BCUT2D eigenvalue weighted by molar-refractivity contribution is 6.12. The van der Waals surface area contributed by atoms with Crippen molar-refractivity contribution in [3.8, 4) is 11.8 Å². The molecule has 0 aliphatic carbocycles. The van der Waals surface area contributed by atoms with E-state index in [1.54, 1.807) is 0 Å². The van der Waals surface area contributed by atoms with E-state index in [9.17, 15) is 18.7 Å². The van der Waals surface area contributed by atoms with Crippen LogP contribution in [0.1, 0.15) is 48.2 Å². The molecule has 2 aromatic carbocycles. The second kappa shape index (κ2) is 9.95. The molecule has 4 atom stereocenters. The molecule has 0 unspecified atom stereocenters. The number of phenols is 1. The van der Waals surface area contributed by atoms with E-state index in [0.717, 1.165) is 51.4 Å². The van der Waals surface area contributed by atoms with Crippen molar-refractivity contribution in [2.24, 2.45) is 0 Å². The molecule has 1 aromatic heterocycles. The number of nitrogens with zero attached hydrogens (tertiary/aromatic N) is 5. The van der Waals surface area contributed by atoms with Gasteiger partial charge in [0.2, 0.25) is 0 Å². The van der Waals surface area contributed by atoms with Crippen LogP contribution in [0.15, 0.2) is 24.3 Å². The lowest BCUT2D eigenvalue weighted by atomic mass is 9.95. The molecule has 0 radical (unpaired) electrons. The van der Waals surface area contributed by atoms with E-state index < -0.39 is 29.3 Å². The van der Waals surface area contributed by atoms with Crippen LogP contribution in [0.25, 0.3) is 10.8 Å². The maximum Gasteiger partial charge on any atom is 0.319 e. The number of amides is 1. The molecule has 12 heteroatoms. The van der Waals surface area contributed by atoms with Gasteiger partial charge in [-0.3, -0.25) is 9.69 Å². The highest BCUT2D eigenvalue weighted by Gasteiger charge is 2.49. The Labute approximate surface area is 246 Å². The number of fused-ring (bicyclic) bond motifs is 5. The highest BCUT2D eigenvalue weighted by atomic mass is 19.2. The number of ether oxygens (including phenoxy) is 1. The van der Waals surface area contributed by atoms with E-state index in [2.05, 4.69) is 20.1 Å². The molecule has 5 aliphatic rings. The van der Waals surface area contributed by atoms with Crippen LogP contribution in [0.2, 0.25) is 0 Å². The average molecular weight is 595 g/mol. The Balaban J connectivity index is 1.19. The monoisotopic (exact) mass is 594 g/mol. The molecule has 9 nitrogen and oxygen atoms in total. The van der Waals surface area contributed by atoms with Gasteiger partial charge in [0, 0.05) is 61.7 Å². The number of phenolic OH excluding ortho intramolecular Hbond substituents is 1. The van der Waals surface area contributed by atoms with Gasteiger partial charge in [0.1, 0.15) is 30.0 Å². The zero-order chi connectivity index (χ0) is 29.5. The number of piperazine rings is 1. The van der Waals surface area contributed by atoms with Gasteiger partial charge in [-0.2, -0.15) is 9.97 Å². The summed E-state index contributed by atoms with van der Waals surface area (Å²) in [5.41, 5.74) is 0.494. The number of carbonyl (C=O) groups excluding carboxylic acids is 1. The summed E-state index contributed by atoms with van der Waals surface area (Å²) < 4.78 is 50.1. The SMILES string of the molecule is O=C1c2nc(OC[C@@]34CCCN3C[C@H](F)C4)nc(N3C[C@H]4CC[C@@H](C3)N4)c2CCN1c1cc(O)cc2ccc(F)c(F)c12. The molecule has 0 spiro atoms. The topological polar surface area (TPSA) is 94.1 Å². The number of benzene rings is 2. The van der Waals surface area contributed by atoms with Crippen LogP contribution in [0.3, 0.4) is 0 Å². The molecule has 5 aliphatic heterocycles. The second-order valence-electron chi connectivity index (χ2n) is 12.7. The summed E-state index contributed by atoms with van der Waals surface area (Å²) in [7, 11) is 0. The van der Waals surface area contributed by atoms with Crippen LogP contribution >= 0.6 is 0 Å². The van der Waals surface area contributed by atoms with Gasteiger partial charge < -0.3 is 25.0 Å². The number of carbonyl (C=O) groups is 1. The number of hydrogen-bond donors (Lipinski definition) is 2. The summed E-state index contributed by atoms with van der Waals surface area (Å²) in [6.07, 6.45) is 3.80. The van der Waals surface area contributed by atoms with Crippen LogP contribution in [-0.4, -0.2) is 89.0 Å². The molecule has 43 heavy (non-hydrogen) atoms. The minimum absolute atomic E-state index is 0.0522. The molecule has 4 saturated heterocycles. The molecular weight excluding hydrogens is 561 g/mol. The zero-order valence-electron chi connectivity index (χ0n) is 23.7. The summed E-state index contributed by atoms with van der Waals surface area (Å²) in [5.74, 6) is -2.15. The molecule has 2 bridgehead atoms. The maximum atomic E-state index is 15.1. The minimum Gasteiger partial charge on any atom is -0.508 e. The maximum absolute atomic E-state index is 15.1. The van der Waals surface area contributed by atoms with Crippen molar-refractivity contribution in [1.29, 1.82) is 0 Å². The lowest BCUT2D eigenvalue weighted by Gasteiger charge is -2.37. The number of hydrogen-bond acceptors (Lipinski definition) is 8. The van der Waals surface area contributed by atoms with Gasteiger partial charge in [-0.1, -0.05) is 6.07 Å². The molecule has 3 aromatic rings. The first kappa shape index (κ1) is 26.9. The third-order valence-corrected chi connectivity index (χ3v) is 10.0. The number of halogens is 3. The molecule has 2 N–H and O–H groups in total. The fourth-order valence-electron chi connectivity index (χ4n) is 8.06. The minimum atomic E-state index is -1.09. The van der Waals surface area contributed by atoms with E-state index in [1.807, 2.05) is 0 Å². The first-order valence-electron chi connectivity index (χ1n) is 15.1. The first-order valence-corrected chi connectivity index (χ1v) is 15.1. The lowest BCUT2D eigenvalue weighted by molar-refractivity contribution is 0.0963. The largest absolute Gasteiger partial charge is 0.508 e. The van der Waals surface area contributed by atoms with Crippen molar-refractivity contribution in [3.63, 3.8) is 0 Å². The molecule has 6 heterocycles. The number of aromatic nitrogens is 2. The number of aromatic hydroxyl groups is 1. The third kappa shape index (κ3) is 4.40. The molecule has 1 amide bonds. The van der Waals surface area contributed by atoms with Crippen LogP contribution in [0, 0.1) is 11.6 Å². The van der Waals surface area contributed by atoms with Gasteiger partial charge >= 0.3 is 6.01 Å². The average Bonchev–Trinajstić information content (AvgIpc) is 3.63. The van der Waals surface area contributed by atoms with Gasteiger partial charge in [0.15, 0.2) is 11.6 Å². The molecular formula is C31H33F3N6O3. The molecule has 0 saturated carbocycles. The van der Waals surface area contributed by atoms with E-state index in [1.165, 1.54) is 23.1 Å². The first-order chi connectivity index (χ1) is 20.8. The summed E-state index contributed by atoms with van der Waals surface area (Å²) in [6, 6.07) is 5.70. The van der Waals surface area contributed by atoms with Crippen molar-refractivity contribution in [2.45, 2.75) is 62.3 Å². The van der Waals surface area contributed by atoms with Crippen LogP contribution < -0.4 is 19.9 Å². The predicted molar refractivity (Wildman–Crippen MR) is 154 cm³/mol. The standard InChI is InChI=1S/C31H33F3N6O3/c32-18-12-31(7-1-8-39(31)13-18)16-43-30-36-27-22(28(37-30)38-14-19-3-4-20(15-38)35-19)6-9-40(29(27)42)24-11-21(41)10-17-2-5-23(33)26(34)25(17)24/h2,5,10-11,18-20,35,41H,1,3-4,6-9,12-16H2/t18-,19-,20+,31+/m1/s1. The number of rotatable bonds is 5. The van der Waals surface area contributed by atoms with E-state index in [-0.39, 0.29) is 47.1 Å². The van der Waals surface area contributed by atoms with Crippen molar-refractivity contribution in [1.82, 2.24) is 20.2 Å². The van der Waals surface area contributed by atoms with Crippen molar-refractivity contribution in [2.75, 3.05) is 49.1 Å². The second-order valence-corrected chi connectivity index (χ2v) is 12.7. The Morgan fingerprint density at radius 3 is 2.72 bits per heavy atom. The predicted octanol–water partition coefficient (Wildman–Crippen LogP) is 3.71. The Morgan fingerprint density at radius 2 is 1.91 bits per heavy atom. The summed E-state index contributed by atoms with van der Waals surface area (Å²) in [6.45, 7) is 3.09. The Hall–Kier alpha value is -3.64. The van der Waals surface area contributed by atoms with E-state index >= 15 is 4.39 Å². The lowest BCUT2D eigenvalue weighted by Crippen LogP contribution is -2.52. The number of alkyl halides is 1. The third-order valence-electron chi connectivity index (χ3n) is 10.0. The van der Waals surface area contributed by atoms with Crippen LogP contribution in [-0.2, 0) is 6.42 Å². The molecule has 4 fully saturated rings. The Kier molecular flexibility index (Phi) is 6.23. The summed E-state index contributed by atoms with van der Waals surface area (Å²) in [4.78, 5) is 29.3. The van der Waals surface area contributed by atoms with Gasteiger partial charge in [-0.25, -0.2) is 13.2 Å². The van der Waals surface area contributed by atoms with Crippen LogP contribution in [0.5, 0.6) is 11.8 Å². The smallest absolute Gasteiger partial charge is 0.319 e. The summed E-state index contributed by atoms with van der Waals surface area (Å²) >= 11 is 0. The van der Waals surface area contributed by atoms with Crippen molar-refractivity contribution < 1.29 is 27.8 Å². The fourth-order valence-corrected chi connectivity index (χ4v) is 8.06. The quantitative estimate of drug-likeness (QED) is 0.462. The molecule has 226 valence electrons.